The number of fused-ring (bicyclic) bond motifs is 7. The van der Waals surface area contributed by atoms with Gasteiger partial charge in [-0.3, -0.25) is 0 Å². The lowest BCUT2D eigenvalue weighted by atomic mass is 9.96. The Morgan fingerprint density at radius 2 is 0.746 bits per heavy atom. The van der Waals surface area contributed by atoms with Gasteiger partial charge in [0, 0.05) is 54.7 Å². The lowest BCUT2D eigenvalue weighted by molar-refractivity contribution is 0.674. The van der Waals surface area contributed by atoms with Gasteiger partial charge in [0.2, 0.25) is 0 Å². The summed E-state index contributed by atoms with van der Waals surface area (Å²) < 4.78 is 6.97. The molecule has 294 valence electrons. The molecule has 0 aliphatic carbocycles. The Bertz CT molecular complexity index is 3560. The predicted octanol–water partition coefficient (Wildman–Crippen LogP) is 15.7. The topological polar surface area (TPSA) is 51.8 Å². The average Bonchev–Trinajstić information content (AvgIpc) is 3.76. The van der Waals surface area contributed by atoms with Crippen LogP contribution in [-0.4, -0.2) is 15.0 Å². The Hall–Kier alpha value is -8.47. The van der Waals surface area contributed by atoms with Crippen molar-refractivity contribution in [3.8, 4) is 78.5 Å². The van der Waals surface area contributed by atoms with Crippen LogP contribution in [0.5, 0.6) is 0 Å². The molecule has 0 bridgehead atoms. The van der Waals surface area contributed by atoms with Crippen molar-refractivity contribution >= 4 is 43.6 Å². The number of hydrogen-bond acceptors (Lipinski definition) is 4. The first-order valence-electron chi connectivity index (χ1n) is 21.3. The monoisotopic (exact) mass is 803 g/mol. The van der Waals surface area contributed by atoms with E-state index in [4.69, 9.17) is 19.4 Å². The van der Waals surface area contributed by atoms with Gasteiger partial charge in [-0.15, -0.1) is 0 Å². The summed E-state index contributed by atoms with van der Waals surface area (Å²) >= 11 is 0. The zero-order valence-corrected chi connectivity index (χ0v) is 34.1. The van der Waals surface area contributed by atoms with Crippen molar-refractivity contribution in [3.63, 3.8) is 0 Å². The quantitative estimate of drug-likeness (QED) is 0.151. The van der Waals surface area contributed by atoms with Gasteiger partial charge in [0.05, 0.1) is 22.6 Å². The Balaban J connectivity index is 0.844. The highest BCUT2D eigenvalue weighted by Gasteiger charge is 2.19. The van der Waals surface area contributed by atoms with Gasteiger partial charge in [0.25, 0.3) is 0 Å². The molecule has 12 rings (SSSR count). The summed E-state index contributed by atoms with van der Waals surface area (Å²) in [5.74, 6) is 0.713. The second kappa shape index (κ2) is 15.2. The second-order valence-electron chi connectivity index (χ2n) is 15.9. The minimum absolute atomic E-state index is 0.713. The molecule has 0 saturated heterocycles. The maximum absolute atomic E-state index is 6.97. The molecule has 4 nitrogen and oxygen atoms in total. The predicted molar refractivity (Wildman–Crippen MR) is 260 cm³/mol. The molecule has 0 unspecified atom stereocenters. The van der Waals surface area contributed by atoms with Crippen LogP contribution >= 0.6 is 0 Å². The van der Waals surface area contributed by atoms with E-state index in [-0.39, 0.29) is 0 Å². The minimum Gasteiger partial charge on any atom is -0.455 e. The zero-order valence-electron chi connectivity index (χ0n) is 34.1. The van der Waals surface area contributed by atoms with Crippen molar-refractivity contribution in [2.24, 2.45) is 0 Å². The lowest BCUT2D eigenvalue weighted by Gasteiger charge is -2.10. The third-order valence-electron chi connectivity index (χ3n) is 12.1. The van der Waals surface area contributed by atoms with E-state index >= 15 is 0 Å². The molecular formula is C59H37N3O. The highest BCUT2D eigenvalue weighted by atomic mass is 16.3. The summed E-state index contributed by atoms with van der Waals surface area (Å²) in [6.45, 7) is 0. The van der Waals surface area contributed by atoms with E-state index < -0.39 is 0 Å². The summed E-state index contributed by atoms with van der Waals surface area (Å²) in [6, 6.07) is 78.5. The van der Waals surface area contributed by atoms with Crippen molar-refractivity contribution in [1.29, 1.82) is 0 Å². The van der Waals surface area contributed by atoms with Crippen molar-refractivity contribution < 1.29 is 4.42 Å². The van der Waals surface area contributed by atoms with Gasteiger partial charge in [0.1, 0.15) is 11.2 Å². The molecule has 3 aromatic heterocycles. The summed E-state index contributed by atoms with van der Waals surface area (Å²) in [5.41, 5.74) is 16.5. The molecule has 0 fully saturated rings. The van der Waals surface area contributed by atoms with Crippen molar-refractivity contribution in [2.75, 3.05) is 0 Å². The largest absolute Gasteiger partial charge is 0.455 e. The molecule has 0 spiro atoms. The van der Waals surface area contributed by atoms with E-state index in [2.05, 4.69) is 176 Å². The zero-order chi connectivity index (χ0) is 41.7. The molecule has 3 heterocycles. The van der Waals surface area contributed by atoms with Gasteiger partial charge in [-0.2, -0.15) is 0 Å². The number of hydrogen-bond donors (Lipinski definition) is 0. The lowest BCUT2D eigenvalue weighted by Crippen LogP contribution is -1.95. The molecular weight excluding hydrogens is 767 g/mol. The van der Waals surface area contributed by atoms with Crippen molar-refractivity contribution in [2.45, 2.75) is 0 Å². The first-order valence-corrected chi connectivity index (χ1v) is 21.3. The van der Waals surface area contributed by atoms with E-state index in [0.717, 1.165) is 116 Å². The number of benzene rings is 9. The molecule has 0 amide bonds. The van der Waals surface area contributed by atoms with Crippen LogP contribution in [0.4, 0.5) is 0 Å². The minimum atomic E-state index is 0.713. The first kappa shape index (κ1) is 36.4. The molecule has 4 heteroatoms. The molecule has 0 atom stereocenters. The Morgan fingerprint density at radius 1 is 0.286 bits per heavy atom. The normalized spacial score (nSPS) is 11.5. The number of aromatic nitrogens is 3. The molecule has 0 aliphatic heterocycles. The SMILES string of the molecule is c1ccc(-c2cc(-c3ccc(-c4ccc(-c5ccc(-c6cccc7c6oc6c7ccc7c(-c8ccccc8)nc8ccccc8c76)cc5)cc4)cc3)nc(-c3ccccc3)n2)cc1. The Kier molecular flexibility index (Phi) is 8.79. The third kappa shape index (κ3) is 6.53. The highest BCUT2D eigenvalue weighted by molar-refractivity contribution is 6.25. The number of para-hydroxylation sites is 2. The summed E-state index contributed by atoms with van der Waals surface area (Å²) in [6.07, 6.45) is 0. The highest BCUT2D eigenvalue weighted by Crippen LogP contribution is 2.43. The summed E-state index contributed by atoms with van der Waals surface area (Å²) in [4.78, 5) is 15.1. The van der Waals surface area contributed by atoms with Gasteiger partial charge in [-0.25, -0.2) is 15.0 Å². The van der Waals surface area contributed by atoms with Crippen LogP contribution < -0.4 is 0 Å². The van der Waals surface area contributed by atoms with Crippen LogP contribution in [0, 0.1) is 0 Å². The second-order valence-corrected chi connectivity index (χ2v) is 15.9. The smallest absolute Gasteiger partial charge is 0.160 e. The average molecular weight is 804 g/mol. The number of pyridine rings is 1. The van der Waals surface area contributed by atoms with Crippen LogP contribution in [0.1, 0.15) is 0 Å². The number of rotatable bonds is 7. The first-order chi connectivity index (χ1) is 31.2. The fraction of sp³-hybridized carbons (Fsp3) is 0. The molecule has 0 radical (unpaired) electrons. The fourth-order valence-corrected chi connectivity index (χ4v) is 8.93. The van der Waals surface area contributed by atoms with E-state index in [1.54, 1.807) is 0 Å². The van der Waals surface area contributed by atoms with Gasteiger partial charge in [0.15, 0.2) is 5.82 Å². The fourth-order valence-electron chi connectivity index (χ4n) is 8.93. The van der Waals surface area contributed by atoms with Crippen LogP contribution in [-0.2, 0) is 0 Å². The van der Waals surface area contributed by atoms with Gasteiger partial charge in [-0.1, -0.05) is 206 Å². The van der Waals surface area contributed by atoms with E-state index in [1.165, 1.54) is 0 Å². The van der Waals surface area contributed by atoms with Gasteiger partial charge in [-0.05, 0) is 46.0 Å². The maximum Gasteiger partial charge on any atom is 0.160 e. The van der Waals surface area contributed by atoms with Crippen LogP contribution in [0.15, 0.2) is 229 Å². The third-order valence-corrected chi connectivity index (χ3v) is 12.1. The molecule has 0 aliphatic rings. The van der Waals surface area contributed by atoms with Crippen molar-refractivity contribution in [1.82, 2.24) is 15.0 Å². The van der Waals surface area contributed by atoms with E-state index in [1.807, 2.05) is 48.5 Å². The summed E-state index contributed by atoms with van der Waals surface area (Å²) in [5, 5.41) is 5.46. The standard InChI is InChI=1S/C59H37N3O/c1-4-13-43(14-5-1)53-37-54(62-59(61-53)46-17-8-3-9-18-46)44-33-29-41(30-34-44)39-25-23-38(24-26-39)40-27-31-42(32-28-40)47-20-12-21-48-49-35-36-51-55(58(49)63-57(47)48)50-19-10-11-22-52(50)60-56(51)45-15-6-2-7-16-45/h1-37H. The Labute approximate surface area is 364 Å². The molecule has 0 N–H and O–H groups in total. The number of nitrogens with zero attached hydrogens (tertiary/aromatic N) is 3. The van der Waals surface area contributed by atoms with Crippen LogP contribution in [0.25, 0.3) is 122 Å². The Morgan fingerprint density at radius 3 is 1.37 bits per heavy atom. The van der Waals surface area contributed by atoms with Gasteiger partial charge >= 0.3 is 0 Å². The van der Waals surface area contributed by atoms with E-state index in [0.29, 0.717) is 5.82 Å². The maximum atomic E-state index is 6.97. The molecule has 9 aromatic carbocycles. The number of furan rings is 1. The van der Waals surface area contributed by atoms with Crippen LogP contribution in [0.2, 0.25) is 0 Å². The molecule has 0 saturated carbocycles. The van der Waals surface area contributed by atoms with Crippen LogP contribution in [0.3, 0.4) is 0 Å². The molecule has 12 aromatic rings. The van der Waals surface area contributed by atoms with Gasteiger partial charge < -0.3 is 4.42 Å². The molecule has 63 heavy (non-hydrogen) atoms. The van der Waals surface area contributed by atoms with E-state index in [9.17, 15) is 0 Å². The van der Waals surface area contributed by atoms with Crippen molar-refractivity contribution in [3.05, 3.63) is 224 Å². The summed E-state index contributed by atoms with van der Waals surface area (Å²) in [7, 11) is 0.